The quantitative estimate of drug-likeness (QED) is 0.818. The number of ether oxygens (including phenoxy) is 1. The van der Waals surface area contributed by atoms with Crippen LogP contribution in [0.1, 0.15) is 31.9 Å². The molecule has 0 saturated heterocycles. The van der Waals surface area contributed by atoms with Crippen LogP contribution < -0.4 is 5.32 Å². The fraction of sp³-hybridized carbons (Fsp3) is 0.600. The molecule has 0 heterocycles. The fourth-order valence-electron chi connectivity index (χ4n) is 1.91. The van der Waals surface area contributed by atoms with Gasteiger partial charge in [-0.2, -0.15) is 0 Å². The van der Waals surface area contributed by atoms with Crippen LogP contribution in [0.3, 0.4) is 0 Å². The first-order chi connectivity index (χ1) is 7.99. The van der Waals surface area contributed by atoms with Gasteiger partial charge in [0.1, 0.15) is 0 Å². The van der Waals surface area contributed by atoms with Gasteiger partial charge in [-0.1, -0.05) is 36.8 Å². The smallest absolute Gasteiger partial charge is 0.0778 e. The molecule has 17 heavy (non-hydrogen) atoms. The van der Waals surface area contributed by atoms with E-state index >= 15 is 0 Å². The Hall–Kier alpha value is -0.860. The van der Waals surface area contributed by atoms with Crippen molar-refractivity contribution in [3.05, 3.63) is 35.4 Å². The highest BCUT2D eigenvalue weighted by atomic mass is 16.5. The zero-order valence-corrected chi connectivity index (χ0v) is 11.7. The van der Waals surface area contributed by atoms with Gasteiger partial charge in [0.15, 0.2) is 0 Å². The van der Waals surface area contributed by atoms with E-state index < -0.39 is 0 Å². The molecule has 1 rings (SSSR count). The van der Waals surface area contributed by atoms with Gasteiger partial charge in [0, 0.05) is 13.2 Å². The SMILES string of the molecule is CCNC(Cc1ccc(C)cc1)C(C)(C)OC. The van der Waals surface area contributed by atoms with Crippen LogP contribution in [0.2, 0.25) is 0 Å². The Bertz CT molecular complexity index is 329. The first kappa shape index (κ1) is 14.2. The molecule has 0 spiro atoms. The molecule has 0 aromatic heterocycles. The maximum atomic E-state index is 5.59. The molecule has 1 N–H and O–H groups in total. The summed E-state index contributed by atoms with van der Waals surface area (Å²) in [5.74, 6) is 0. The van der Waals surface area contributed by atoms with Crippen LogP contribution in [0.15, 0.2) is 24.3 Å². The number of hydrogen-bond acceptors (Lipinski definition) is 2. The lowest BCUT2D eigenvalue weighted by Gasteiger charge is -2.34. The van der Waals surface area contributed by atoms with Crippen molar-refractivity contribution in [2.24, 2.45) is 0 Å². The Labute approximate surface area is 105 Å². The van der Waals surface area contributed by atoms with Crippen LogP contribution in [0.5, 0.6) is 0 Å². The highest BCUT2D eigenvalue weighted by Gasteiger charge is 2.28. The molecule has 1 atom stereocenters. The van der Waals surface area contributed by atoms with Crippen molar-refractivity contribution in [3.8, 4) is 0 Å². The average Bonchev–Trinajstić information content (AvgIpc) is 2.31. The summed E-state index contributed by atoms with van der Waals surface area (Å²) in [4.78, 5) is 0. The lowest BCUT2D eigenvalue weighted by molar-refractivity contribution is -0.00960. The van der Waals surface area contributed by atoms with E-state index in [2.05, 4.69) is 57.3 Å². The van der Waals surface area contributed by atoms with E-state index in [1.165, 1.54) is 11.1 Å². The number of rotatable bonds is 6. The molecular formula is C15H25NO. The van der Waals surface area contributed by atoms with Crippen LogP contribution in [-0.2, 0) is 11.2 Å². The number of methoxy groups -OCH3 is 1. The monoisotopic (exact) mass is 235 g/mol. The van der Waals surface area contributed by atoms with E-state index in [1.54, 1.807) is 7.11 Å². The van der Waals surface area contributed by atoms with Crippen molar-refractivity contribution in [2.75, 3.05) is 13.7 Å². The first-order valence-electron chi connectivity index (χ1n) is 6.33. The van der Waals surface area contributed by atoms with Gasteiger partial charge in [0.25, 0.3) is 0 Å². The third-order valence-electron chi connectivity index (χ3n) is 3.38. The normalized spacial score (nSPS) is 13.7. The van der Waals surface area contributed by atoms with Crippen molar-refractivity contribution in [3.63, 3.8) is 0 Å². The van der Waals surface area contributed by atoms with Crippen molar-refractivity contribution >= 4 is 0 Å². The second-order valence-corrected chi connectivity index (χ2v) is 5.11. The Morgan fingerprint density at radius 2 is 1.82 bits per heavy atom. The number of likely N-dealkylation sites (N-methyl/N-ethyl adjacent to an activating group) is 1. The number of benzene rings is 1. The van der Waals surface area contributed by atoms with Gasteiger partial charge in [-0.15, -0.1) is 0 Å². The molecule has 0 radical (unpaired) electrons. The van der Waals surface area contributed by atoms with Crippen molar-refractivity contribution in [1.29, 1.82) is 0 Å². The van der Waals surface area contributed by atoms with Gasteiger partial charge in [-0.3, -0.25) is 0 Å². The van der Waals surface area contributed by atoms with Crippen LogP contribution in [0, 0.1) is 6.92 Å². The Morgan fingerprint density at radius 3 is 2.29 bits per heavy atom. The zero-order valence-electron chi connectivity index (χ0n) is 11.7. The van der Waals surface area contributed by atoms with Crippen LogP contribution in [-0.4, -0.2) is 25.3 Å². The lowest BCUT2D eigenvalue weighted by atomic mass is 9.92. The molecule has 2 nitrogen and oxygen atoms in total. The maximum absolute atomic E-state index is 5.59. The molecule has 2 heteroatoms. The van der Waals surface area contributed by atoms with Crippen molar-refractivity contribution < 1.29 is 4.74 Å². The molecule has 1 unspecified atom stereocenters. The van der Waals surface area contributed by atoms with Gasteiger partial charge in [-0.25, -0.2) is 0 Å². The molecule has 1 aromatic carbocycles. The van der Waals surface area contributed by atoms with E-state index in [0.29, 0.717) is 6.04 Å². The highest BCUT2D eigenvalue weighted by molar-refractivity contribution is 5.22. The summed E-state index contributed by atoms with van der Waals surface area (Å²) in [5, 5.41) is 3.51. The summed E-state index contributed by atoms with van der Waals surface area (Å²) in [6.07, 6.45) is 0.995. The number of nitrogens with one attached hydrogen (secondary N) is 1. The second-order valence-electron chi connectivity index (χ2n) is 5.11. The summed E-state index contributed by atoms with van der Waals surface area (Å²) in [6, 6.07) is 9.06. The predicted octanol–water partition coefficient (Wildman–Crippen LogP) is 2.94. The number of hydrogen-bond donors (Lipinski definition) is 1. The topological polar surface area (TPSA) is 21.3 Å². The van der Waals surface area contributed by atoms with Crippen molar-refractivity contribution in [1.82, 2.24) is 5.32 Å². The van der Waals surface area contributed by atoms with E-state index in [9.17, 15) is 0 Å². The van der Waals surface area contributed by atoms with Crippen LogP contribution in [0.25, 0.3) is 0 Å². The van der Waals surface area contributed by atoms with E-state index in [-0.39, 0.29) is 5.60 Å². The molecule has 96 valence electrons. The minimum absolute atomic E-state index is 0.152. The minimum Gasteiger partial charge on any atom is -0.377 e. The van der Waals surface area contributed by atoms with Gasteiger partial charge < -0.3 is 10.1 Å². The Balaban J connectivity index is 2.76. The second kappa shape index (κ2) is 6.18. The predicted molar refractivity (Wildman–Crippen MR) is 73.4 cm³/mol. The Morgan fingerprint density at radius 1 is 1.24 bits per heavy atom. The maximum Gasteiger partial charge on any atom is 0.0778 e. The summed E-state index contributed by atoms with van der Waals surface area (Å²) in [6.45, 7) is 9.48. The summed E-state index contributed by atoms with van der Waals surface area (Å²) in [7, 11) is 1.78. The summed E-state index contributed by atoms with van der Waals surface area (Å²) < 4.78 is 5.59. The molecular weight excluding hydrogens is 210 g/mol. The van der Waals surface area contributed by atoms with Crippen LogP contribution >= 0.6 is 0 Å². The molecule has 0 amide bonds. The largest absolute Gasteiger partial charge is 0.377 e. The standard InChI is InChI=1S/C15H25NO/c1-6-16-14(15(3,4)17-5)11-13-9-7-12(2)8-10-13/h7-10,14,16H,6,11H2,1-5H3. The van der Waals surface area contributed by atoms with Crippen molar-refractivity contribution in [2.45, 2.75) is 45.8 Å². The molecule has 0 aliphatic carbocycles. The third kappa shape index (κ3) is 4.14. The molecule has 1 aromatic rings. The third-order valence-corrected chi connectivity index (χ3v) is 3.38. The van der Waals surface area contributed by atoms with Gasteiger partial charge in [0.2, 0.25) is 0 Å². The number of aryl methyl sites for hydroxylation is 1. The van der Waals surface area contributed by atoms with Gasteiger partial charge in [-0.05, 0) is 39.3 Å². The van der Waals surface area contributed by atoms with Gasteiger partial charge >= 0.3 is 0 Å². The average molecular weight is 235 g/mol. The summed E-state index contributed by atoms with van der Waals surface area (Å²) >= 11 is 0. The summed E-state index contributed by atoms with van der Waals surface area (Å²) in [5.41, 5.74) is 2.51. The molecule has 0 bridgehead atoms. The zero-order chi connectivity index (χ0) is 12.9. The Kier molecular flexibility index (Phi) is 5.16. The van der Waals surface area contributed by atoms with E-state index in [1.807, 2.05) is 0 Å². The highest BCUT2D eigenvalue weighted by Crippen LogP contribution is 2.18. The van der Waals surface area contributed by atoms with E-state index in [4.69, 9.17) is 4.74 Å². The van der Waals surface area contributed by atoms with Gasteiger partial charge in [0.05, 0.1) is 5.60 Å². The lowest BCUT2D eigenvalue weighted by Crippen LogP contribution is -2.49. The molecule has 0 fully saturated rings. The first-order valence-corrected chi connectivity index (χ1v) is 6.33. The fourth-order valence-corrected chi connectivity index (χ4v) is 1.91. The molecule has 0 saturated carbocycles. The van der Waals surface area contributed by atoms with E-state index in [0.717, 1.165) is 13.0 Å². The minimum atomic E-state index is -0.152. The van der Waals surface area contributed by atoms with Crippen LogP contribution in [0.4, 0.5) is 0 Å². The molecule has 0 aliphatic heterocycles. The molecule has 0 aliphatic rings.